The summed E-state index contributed by atoms with van der Waals surface area (Å²) in [5, 5.41) is 7.23. The van der Waals surface area contributed by atoms with E-state index in [2.05, 4.69) is 4.98 Å². The number of carbonyl (C=O) groups excluding carboxylic acids is 1. The van der Waals surface area contributed by atoms with E-state index in [9.17, 15) is 18.0 Å². The zero-order valence-corrected chi connectivity index (χ0v) is 7.73. The second kappa shape index (κ2) is 4.28. The van der Waals surface area contributed by atoms with E-state index < -0.39 is 34.4 Å². The van der Waals surface area contributed by atoms with Crippen LogP contribution in [0.1, 0.15) is 28.0 Å². The Bertz CT molecular complexity index is 456. The molecule has 0 unspecified atom stereocenters. The molecule has 0 aliphatic carbocycles. The third kappa shape index (κ3) is 2.25. The maximum absolute atomic E-state index is 12.7. The summed E-state index contributed by atoms with van der Waals surface area (Å²) in [5.41, 5.74) is -2.43. The highest BCUT2D eigenvalue weighted by molar-refractivity contribution is 6.68. The van der Waals surface area contributed by atoms with Crippen LogP contribution < -0.4 is 0 Å². The van der Waals surface area contributed by atoms with Crippen molar-refractivity contribution in [1.29, 1.82) is 5.26 Å². The van der Waals surface area contributed by atoms with E-state index in [-0.39, 0.29) is 0 Å². The van der Waals surface area contributed by atoms with Gasteiger partial charge in [0.05, 0.1) is 11.1 Å². The minimum absolute atomic E-state index is 0.558. The largest absolute Gasteiger partial charge is 0.281 e. The fourth-order valence-corrected chi connectivity index (χ4v) is 1.18. The number of rotatable bonds is 2. The second-order valence-electron chi connectivity index (χ2n) is 2.44. The Morgan fingerprint density at radius 3 is 2.60 bits per heavy atom. The molecule has 0 radical (unpaired) electrons. The summed E-state index contributed by atoms with van der Waals surface area (Å²) >= 11 is 5.00. The van der Waals surface area contributed by atoms with Gasteiger partial charge in [-0.25, -0.2) is 13.8 Å². The highest BCUT2D eigenvalue weighted by Gasteiger charge is 2.24. The monoisotopic (exact) mass is 234 g/mol. The van der Waals surface area contributed by atoms with Gasteiger partial charge in [-0.15, -0.1) is 0 Å². The van der Waals surface area contributed by atoms with Crippen molar-refractivity contribution in [3.05, 3.63) is 28.8 Å². The lowest BCUT2D eigenvalue weighted by Gasteiger charge is -2.05. The number of hydrogen-bond donors (Lipinski definition) is 0. The summed E-state index contributed by atoms with van der Waals surface area (Å²) < 4.78 is 37.3. The van der Waals surface area contributed by atoms with Gasteiger partial charge in [-0.05, 0) is 11.6 Å². The topological polar surface area (TPSA) is 53.8 Å². The number of aromatic nitrogens is 1. The van der Waals surface area contributed by atoms with Gasteiger partial charge in [-0.3, -0.25) is 4.79 Å². The molecular weight excluding hydrogens is 233 g/mol. The van der Waals surface area contributed by atoms with Crippen LogP contribution in [0, 0.1) is 17.3 Å². The number of pyridine rings is 1. The fourth-order valence-electron chi connectivity index (χ4n) is 0.985. The van der Waals surface area contributed by atoms with Crippen LogP contribution in [0.4, 0.5) is 13.2 Å². The molecule has 1 aromatic heterocycles. The normalized spacial score (nSPS) is 10.1. The van der Waals surface area contributed by atoms with Crippen molar-refractivity contribution in [2.75, 3.05) is 0 Å². The van der Waals surface area contributed by atoms with Gasteiger partial charge in [-0.2, -0.15) is 9.65 Å². The smallest absolute Gasteiger partial charge is 0.275 e. The molecule has 0 aliphatic rings. The zero-order chi connectivity index (χ0) is 11.6. The Morgan fingerprint density at radius 2 is 2.20 bits per heavy atom. The predicted octanol–water partition coefficient (Wildman–Crippen LogP) is 2.41. The van der Waals surface area contributed by atoms with Gasteiger partial charge in [0.25, 0.3) is 11.7 Å². The Labute approximate surface area is 87.1 Å². The Balaban J connectivity index is 3.56. The van der Waals surface area contributed by atoms with Crippen LogP contribution >= 0.6 is 11.6 Å². The van der Waals surface area contributed by atoms with Crippen molar-refractivity contribution in [2.45, 2.75) is 6.43 Å². The minimum Gasteiger partial charge on any atom is -0.275 e. The first-order valence-corrected chi connectivity index (χ1v) is 3.93. The van der Waals surface area contributed by atoms with Crippen LogP contribution in [0.5, 0.6) is 0 Å². The first-order chi connectivity index (χ1) is 6.97. The number of alkyl halides is 2. The van der Waals surface area contributed by atoms with Crippen LogP contribution in [0.15, 0.2) is 6.07 Å². The Morgan fingerprint density at radius 1 is 1.60 bits per heavy atom. The van der Waals surface area contributed by atoms with Crippen LogP contribution in [0.2, 0.25) is 0 Å². The summed E-state index contributed by atoms with van der Waals surface area (Å²) in [6.45, 7) is 0. The molecule has 3 nitrogen and oxygen atoms in total. The van der Waals surface area contributed by atoms with Crippen molar-refractivity contribution in [2.24, 2.45) is 0 Å². The molecule has 0 saturated heterocycles. The summed E-state index contributed by atoms with van der Waals surface area (Å²) in [7, 11) is 0. The average molecular weight is 235 g/mol. The summed E-state index contributed by atoms with van der Waals surface area (Å²) in [6.07, 6.45) is -3.18. The van der Waals surface area contributed by atoms with Gasteiger partial charge in [0.2, 0.25) is 5.95 Å². The van der Waals surface area contributed by atoms with E-state index in [0.29, 0.717) is 6.07 Å². The molecule has 1 aromatic rings. The lowest BCUT2D eigenvalue weighted by Crippen LogP contribution is -2.06. The van der Waals surface area contributed by atoms with E-state index in [4.69, 9.17) is 16.9 Å². The number of nitrogens with zero attached hydrogens (tertiary/aromatic N) is 2. The van der Waals surface area contributed by atoms with Crippen molar-refractivity contribution >= 4 is 16.8 Å². The summed E-state index contributed by atoms with van der Waals surface area (Å²) in [4.78, 5) is 13.6. The maximum Gasteiger partial charge on any atom is 0.281 e. The van der Waals surface area contributed by atoms with Crippen LogP contribution in [-0.4, -0.2) is 10.2 Å². The molecule has 0 fully saturated rings. The Kier molecular flexibility index (Phi) is 3.27. The molecule has 15 heavy (non-hydrogen) atoms. The molecule has 78 valence electrons. The lowest BCUT2D eigenvalue weighted by molar-refractivity contribution is 0.106. The first kappa shape index (κ1) is 11.5. The van der Waals surface area contributed by atoms with Crippen LogP contribution in [0.3, 0.4) is 0 Å². The van der Waals surface area contributed by atoms with Crippen LogP contribution in [0.25, 0.3) is 0 Å². The zero-order valence-electron chi connectivity index (χ0n) is 6.97. The third-order valence-electron chi connectivity index (χ3n) is 1.54. The molecular formula is C8H2ClF3N2O. The molecule has 1 rings (SSSR count). The molecule has 0 atom stereocenters. The molecule has 1 heterocycles. The van der Waals surface area contributed by atoms with E-state index in [1.54, 1.807) is 0 Å². The molecule has 0 bridgehead atoms. The molecule has 0 amide bonds. The van der Waals surface area contributed by atoms with Gasteiger partial charge in [0.1, 0.15) is 11.8 Å². The molecule has 0 aromatic carbocycles. The van der Waals surface area contributed by atoms with Crippen molar-refractivity contribution in [3.8, 4) is 6.07 Å². The highest BCUT2D eigenvalue weighted by Crippen LogP contribution is 2.25. The number of halogens is 4. The SMILES string of the molecule is N#Cc1cc(F)nc(C(F)F)c1C(=O)Cl. The highest BCUT2D eigenvalue weighted by atomic mass is 35.5. The Hall–Kier alpha value is -1.61. The predicted molar refractivity (Wildman–Crippen MR) is 44.1 cm³/mol. The van der Waals surface area contributed by atoms with Gasteiger partial charge >= 0.3 is 0 Å². The van der Waals surface area contributed by atoms with Gasteiger partial charge in [-0.1, -0.05) is 0 Å². The third-order valence-corrected chi connectivity index (χ3v) is 1.73. The van der Waals surface area contributed by atoms with E-state index in [1.165, 1.54) is 6.07 Å². The van der Waals surface area contributed by atoms with E-state index in [0.717, 1.165) is 0 Å². The summed E-state index contributed by atoms with van der Waals surface area (Å²) in [6, 6.07) is 1.97. The molecule has 0 saturated carbocycles. The van der Waals surface area contributed by atoms with Crippen molar-refractivity contribution < 1.29 is 18.0 Å². The van der Waals surface area contributed by atoms with E-state index >= 15 is 0 Å². The fraction of sp³-hybridized carbons (Fsp3) is 0.125. The number of nitriles is 1. The van der Waals surface area contributed by atoms with Crippen LogP contribution in [-0.2, 0) is 0 Å². The number of hydrogen-bond acceptors (Lipinski definition) is 3. The lowest BCUT2D eigenvalue weighted by atomic mass is 10.1. The molecule has 7 heteroatoms. The maximum atomic E-state index is 12.7. The molecule has 0 aliphatic heterocycles. The van der Waals surface area contributed by atoms with Crippen molar-refractivity contribution in [1.82, 2.24) is 4.98 Å². The quantitative estimate of drug-likeness (QED) is 0.583. The molecule has 0 N–H and O–H groups in total. The standard InChI is InChI=1S/C8H2ClF3N2O/c9-7(15)5-3(2-13)1-4(10)14-6(5)8(11)12/h1,8H. The van der Waals surface area contributed by atoms with Gasteiger partial charge < -0.3 is 0 Å². The van der Waals surface area contributed by atoms with Crippen molar-refractivity contribution in [3.63, 3.8) is 0 Å². The number of carbonyl (C=O) groups is 1. The average Bonchev–Trinajstić information content (AvgIpc) is 2.15. The van der Waals surface area contributed by atoms with Gasteiger partial charge in [0, 0.05) is 6.07 Å². The second-order valence-corrected chi connectivity index (χ2v) is 2.78. The molecule has 0 spiro atoms. The van der Waals surface area contributed by atoms with E-state index in [1.807, 2.05) is 0 Å². The summed E-state index contributed by atoms with van der Waals surface area (Å²) in [5.74, 6) is -1.26. The minimum atomic E-state index is -3.18. The first-order valence-electron chi connectivity index (χ1n) is 3.56. The van der Waals surface area contributed by atoms with Gasteiger partial charge in [0.15, 0.2) is 0 Å².